The van der Waals surface area contributed by atoms with Crippen molar-refractivity contribution in [2.45, 2.75) is 62.6 Å². The monoisotopic (exact) mass is 635 g/mol. The van der Waals surface area contributed by atoms with Crippen LogP contribution in [0, 0.1) is 11.3 Å². The van der Waals surface area contributed by atoms with Crippen molar-refractivity contribution in [1.82, 2.24) is 19.8 Å². The largest absolute Gasteiger partial charge is 0.391 e. The van der Waals surface area contributed by atoms with Gasteiger partial charge in [-0.3, -0.25) is 4.79 Å². The molecule has 8 nitrogen and oxygen atoms in total. The first-order chi connectivity index (χ1) is 20.8. The Hall–Kier alpha value is -3.58. The Morgan fingerprint density at radius 1 is 1.16 bits per heavy atom. The third kappa shape index (κ3) is 5.23. The lowest BCUT2D eigenvalue weighted by molar-refractivity contribution is -0.198. The van der Waals surface area contributed by atoms with E-state index >= 15 is 0 Å². The van der Waals surface area contributed by atoms with E-state index in [0.717, 1.165) is 5.69 Å². The lowest BCUT2D eigenvalue weighted by Gasteiger charge is -2.63. The van der Waals surface area contributed by atoms with Crippen LogP contribution in [-0.2, 0) is 6.42 Å². The second-order valence-electron chi connectivity index (χ2n) is 12.6. The quantitative estimate of drug-likeness (QED) is 0.174. The van der Waals surface area contributed by atoms with Crippen molar-refractivity contribution in [1.29, 1.82) is 0 Å². The molecular weight excluding hydrogens is 609 g/mol. The third-order valence-corrected chi connectivity index (χ3v) is 9.58. The van der Waals surface area contributed by atoms with Crippen LogP contribution in [-0.4, -0.2) is 61.9 Å². The van der Waals surface area contributed by atoms with E-state index in [-0.39, 0.29) is 42.2 Å². The van der Waals surface area contributed by atoms with Crippen molar-refractivity contribution >= 4 is 28.6 Å². The molecule has 3 aromatic heterocycles. The van der Waals surface area contributed by atoms with Gasteiger partial charge in [0.2, 0.25) is 18.1 Å². The summed E-state index contributed by atoms with van der Waals surface area (Å²) in [5, 5.41) is 18.9. The van der Waals surface area contributed by atoms with E-state index in [1.54, 1.807) is 28.9 Å². The normalized spacial score (nSPS) is 22.2. The predicted octanol–water partition coefficient (Wildman–Crippen LogP) is 6.51. The Morgan fingerprint density at radius 3 is 2.61 bits per heavy atom. The molecule has 1 spiro atoms. The number of Topliss-reactive ketones (excluding diaryl/α,β-unsaturated/α-hetero) is 1. The number of nitrogens with zero attached hydrogens (tertiary/aromatic N) is 5. The fourth-order valence-corrected chi connectivity index (χ4v) is 7.23. The number of pyridine rings is 1. The van der Waals surface area contributed by atoms with Crippen LogP contribution in [0.25, 0.3) is 16.9 Å². The summed E-state index contributed by atoms with van der Waals surface area (Å²) in [6, 6.07) is 8.66. The van der Waals surface area contributed by atoms with Gasteiger partial charge in [-0.2, -0.15) is 23.3 Å². The molecule has 0 unspecified atom stereocenters. The molecule has 2 saturated carbocycles. The number of carbonyl (C=O) groups is 1. The zero-order valence-electron chi connectivity index (χ0n) is 23.2. The van der Waals surface area contributed by atoms with E-state index in [9.17, 15) is 31.9 Å². The highest BCUT2D eigenvalue weighted by Crippen LogP contribution is 2.56. The molecule has 3 aliphatic rings. The number of hydrogen-bond donors (Lipinski definition) is 1. The van der Waals surface area contributed by atoms with Crippen LogP contribution < -0.4 is 4.90 Å². The van der Waals surface area contributed by atoms with Crippen molar-refractivity contribution in [3.8, 4) is 11.4 Å². The van der Waals surface area contributed by atoms with Crippen LogP contribution in [0.4, 0.5) is 27.6 Å². The van der Waals surface area contributed by atoms with Gasteiger partial charge in [0.15, 0.2) is 5.78 Å². The zero-order chi connectivity index (χ0) is 31.0. The number of carbonyl (C=O) groups excluding carboxylic acids is 1. The van der Waals surface area contributed by atoms with Gasteiger partial charge in [0.05, 0.1) is 28.8 Å². The molecule has 44 heavy (non-hydrogen) atoms. The number of hydrogen-bond acceptors (Lipinski definition) is 7. The Bertz CT molecular complexity index is 1730. The molecule has 0 radical (unpaired) electrons. The first-order valence-corrected chi connectivity index (χ1v) is 14.6. The van der Waals surface area contributed by atoms with E-state index < -0.39 is 36.5 Å². The highest BCUT2D eigenvalue weighted by atomic mass is 35.5. The summed E-state index contributed by atoms with van der Waals surface area (Å²) < 4.78 is 71.0. The predicted molar refractivity (Wildman–Crippen MR) is 149 cm³/mol. The molecule has 4 heterocycles. The maximum atomic E-state index is 13.5. The van der Waals surface area contributed by atoms with Crippen LogP contribution in [0.3, 0.4) is 0 Å². The minimum atomic E-state index is -4.23. The zero-order valence-corrected chi connectivity index (χ0v) is 24.0. The number of halogens is 6. The topological polar surface area (TPSA) is 96.8 Å². The summed E-state index contributed by atoms with van der Waals surface area (Å²) in [4.78, 5) is 19.9. The number of aliphatic hydroxyl groups is 1. The minimum absolute atomic E-state index is 0.0472. The summed E-state index contributed by atoms with van der Waals surface area (Å²) in [5.41, 5.74) is 1.43. The van der Waals surface area contributed by atoms with Gasteiger partial charge in [-0.1, -0.05) is 16.8 Å². The van der Waals surface area contributed by atoms with Crippen molar-refractivity contribution in [3.05, 3.63) is 64.8 Å². The fraction of sp³-hybridized carbons (Fsp3) is 0.467. The lowest BCUT2D eigenvalue weighted by Crippen LogP contribution is -2.68. The van der Waals surface area contributed by atoms with Crippen molar-refractivity contribution in [3.63, 3.8) is 0 Å². The number of rotatable bonds is 8. The van der Waals surface area contributed by atoms with E-state index in [4.69, 9.17) is 16.1 Å². The first-order valence-electron chi connectivity index (χ1n) is 14.3. The summed E-state index contributed by atoms with van der Waals surface area (Å²) >= 11 is 6.43. The van der Waals surface area contributed by atoms with Crippen LogP contribution in [0.2, 0.25) is 5.02 Å². The van der Waals surface area contributed by atoms with Gasteiger partial charge in [-0.05, 0) is 61.6 Å². The molecule has 3 fully saturated rings. The molecular formula is C30H27ClF5N5O3. The molecule has 232 valence electrons. The summed E-state index contributed by atoms with van der Waals surface area (Å²) in [6.45, 7) is 1.27. The highest BCUT2D eigenvalue weighted by Gasteiger charge is 2.60. The van der Waals surface area contributed by atoms with Crippen molar-refractivity contribution in [2.75, 3.05) is 18.0 Å². The average molecular weight is 636 g/mol. The van der Waals surface area contributed by atoms with Gasteiger partial charge < -0.3 is 14.5 Å². The molecule has 0 atom stereocenters. The first kappa shape index (κ1) is 29.1. The number of aromatic nitrogens is 4. The Labute approximate surface area is 252 Å². The smallest absolute Gasteiger partial charge is 0.390 e. The molecule has 1 N–H and O–H groups in total. The molecule has 1 saturated heterocycles. The number of anilines is 1. The van der Waals surface area contributed by atoms with Gasteiger partial charge in [0, 0.05) is 59.7 Å². The van der Waals surface area contributed by atoms with Gasteiger partial charge in [-0.25, -0.2) is 13.3 Å². The molecule has 1 aliphatic heterocycles. The van der Waals surface area contributed by atoms with Crippen LogP contribution in [0.1, 0.15) is 59.8 Å². The SMILES string of the molecule is O=C(Cc1cc(-c2noc(C3CC(C(F)(F)F)C3)n2)ccc1Cl)c1cnn2ccc(N3CC4(C3)CC(O)(CC(F)F)C4)cc12. The van der Waals surface area contributed by atoms with E-state index in [0.29, 0.717) is 53.2 Å². The molecule has 0 amide bonds. The lowest BCUT2D eigenvalue weighted by atomic mass is 9.54. The molecule has 1 aromatic carbocycles. The maximum absolute atomic E-state index is 13.5. The van der Waals surface area contributed by atoms with E-state index in [1.807, 2.05) is 12.1 Å². The third-order valence-electron chi connectivity index (χ3n) is 9.21. The molecule has 4 aromatic rings. The van der Waals surface area contributed by atoms with Crippen LogP contribution in [0.5, 0.6) is 0 Å². The molecule has 0 bridgehead atoms. The molecule has 2 aliphatic carbocycles. The van der Waals surface area contributed by atoms with Crippen LogP contribution >= 0.6 is 11.6 Å². The molecule has 14 heteroatoms. The number of fused-ring (bicyclic) bond motifs is 1. The van der Waals surface area contributed by atoms with Crippen molar-refractivity contribution in [2.24, 2.45) is 11.3 Å². The maximum Gasteiger partial charge on any atom is 0.391 e. The Kier molecular flexibility index (Phi) is 6.78. The standard InChI is InChI=1S/C30H27ClF5N5O3/c31-22-2-1-16(26-38-27(44-39-26)18-6-19(7-18)30(34,35)36)5-17(22)8-24(42)21-11-37-41-4-3-20(9-23(21)41)40-14-28(15-40)12-29(43,13-28)10-25(32)33/h1-5,9,11,18-19,25,43H,6-8,10,12-15H2. The molecule has 7 rings (SSSR count). The summed E-state index contributed by atoms with van der Waals surface area (Å²) in [6.07, 6.45) is -3.55. The Balaban J connectivity index is 1.03. The fourth-order valence-electron chi connectivity index (χ4n) is 7.05. The van der Waals surface area contributed by atoms with Gasteiger partial charge in [0.25, 0.3) is 0 Å². The number of alkyl halides is 5. The van der Waals surface area contributed by atoms with Gasteiger partial charge >= 0.3 is 6.18 Å². The second-order valence-corrected chi connectivity index (χ2v) is 13.0. The van der Waals surface area contributed by atoms with E-state index in [2.05, 4.69) is 20.1 Å². The van der Waals surface area contributed by atoms with Gasteiger partial charge in [-0.15, -0.1) is 0 Å². The number of ketones is 1. The summed E-state index contributed by atoms with van der Waals surface area (Å²) in [5.74, 6) is -1.67. The van der Waals surface area contributed by atoms with E-state index in [1.165, 1.54) is 6.20 Å². The Morgan fingerprint density at radius 2 is 1.91 bits per heavy atom. The summed E-state index contributed by atoms with van der Waals surface area (Å²) in [7, 11) is 0. The van der Waals surface area contributed by atoms with Crippen LogP contribution in [0.15, 0.2) is 47.2 Å². The second kappa shape index (κ2) is 10.2. The average Bonchev–Trinajstić information content (AvgIpc) is 3.52. The number of benzene rings is 1. The highest BCUT2D eigenvalue weighted by molar-refractivity contribution is 6.31. The van der Waals surface area contributed by atoms with Gasteiger partial charge in [0.1, 0.15) is 0 Å². The van der Waals surface area contributed by atoms with Crippen molar-refractivity contribution < 1.29 is 36.4 Å². The minimum Gasteiger partial charge on any atom is -0.390 e.